The van der Waals surface area contributed by atoms with E-state index in [9.17, 15) is 0 Å². The van der Waals surface area contributed by atoms with Gasteiger partial charge in [-0.2, -0.15) is 0 Å². The van der Waals surface area contributed by atoms with Crippen molar-refractivity contribution in [1.82, 2.24) is 25.2 Å². The largest absolute Gasteiger partial charge is 0.367 e. The van der Waals surface area contributed by atoms with Crippen molar-refractivity contribution in [2.75, 3.05) is 0 Å². The summed E-state index contributed by atoms with van der Waals surface area (Å²) in [7, 11) is 0. The molecule has 0 unspecified atom stereocenters. The maximum Gasteiger partial charge on any atom is 0.293 e. The van der Waals surface area contributed by atoms with Crippen LogP contribution in [0.2, 0.25) is 0 Å². The first-order chi connectivity index (χ1) is 8.22. The fraction of sp³-hybridized carbons (Fsp3) is 0.300. The summed E-state index contributed by atoms with van der Waals surface area (Å²) in [6.45, 7) is 3.94. The normalized spacial score (nSPS) is 10.2. The third-order valence-corrected chi connectivity index (χ3v) is 2.08. The second-order valence-corrected chi connectivity index (χ2v) is 3.60. The van der Waals surface area contributed by atoms with Gasteiger partial charge in [-0.1, -0.05) is 6.07 Å². The lowest BCUT2D eigenvalue weighted by molar-refractivity contribution is 0.485. The van der Waals surface area contributed by atoms with Gasteiger partial charge >= 0.3 is 0 Å². The third kappa shape index (κ3) is 2.20. The van der Waals surface area contributed by atoms with E-state index in [1.165, 1.54) is 0 Å². The summed E-state index contributed by atoms with van der Waals surface area (Å²) in [6, 6.07) is 5.21. The molecule has 2 aromatic heterocycles. The summed E-state index contributed by atoms with van der Waals surface area (Å²) in [5.74, 6) is 0.770. The SMILES string of the molecule is CC(C)n1nnnc1-c1cccc(OC#N)n1. The van der Waals surface area contributed by atoms with E-state index in [0.29, 0.717) is 11.5 Å². The van der Waals surface area contributed by atoms with E-state index >= 15 is 0 Å². The molecule has 0 atom stereocenters. The molecule has 0 N–H and O–H groups in total. The first-order valence-electron chi connectivity index (χ1n) is 5.03. The van der Waals surface area contributed by atoms with Crippen molar-refractivity contribution in [2.24, 2.45) is 0 Å². The minimum atomic E-state index is 0.127. The molecular weight excluding hydrogens is 220 g/mol. The Labute approximate surface area is 97.7 Å². The van der Waals surface area contributed by atoms with Crippen molar-refractivity contribution in [3.8, 4) is 23.7 Å². The predicted octanol–water partition coefficient (Wildman–Crippen LogP) is 1.18. The quantitative estimate of drug-likeness (QED) is 0.735. The molecule has 2 aromatic rings. The van der Waals surface area contributed by atoms with Gasteiger partial charge in [-0.05, 0) is 30.3 Å². The summed E-state index contributed by atoms with van der Waals surface area (Å²) in [6.07, 6.45) is 1.57. The van der Waals surface area contributed by atoms with Crippen molar-refractivity contribution < 1.29 is 4.74 Å². The summed E-state index contributed by atoms with van der Waals surface area (Å²) < 4.78 is 6.31. The van der Waals surface area contributed by atoms with Crippen molar-refractivity contribution in [1.29, 1.82) is 5.26 Å². The third-order valence-electron chi connectivity index (χ3n) is 2.08. The molecule has 0 aliphatic carbocycles. The Hall–Kier alpha value is -2.49. The lowest BCUT2D eigenvalue weighted by atomic mass is 10.3. The lowest BCUT2D eigenvalue weighted by Crippen LogP contribution is -2.06. The second-order valence-electron chi connectivity index (χ2n) is 3.60. The van der Waals surface area contributed by atoms with Crippen molar-refractivity contribution in [3.63, 3.8) is 0 Å². The summed E-state index contributed by atoms with van der Waals surface area (Å²) in [5, 5.41) is 19.8. The van der Waals surface area contributed by atoms with Crippen LogP contribution in [-0.2, 0) is 0 Å². The highest BCUT2D eigenvalue weighted by Crippen LogP contribution is 2.19. The van der Waals surface area contributed by atoms with E-state index < -0.39 is 0 Å². The minimum Gasteiger partial charge on any atom is -0.367 e. The van der Waals surface area contributed by atoms with Gasteiger partial charge in [0.15, 0.2) is 0 Å². The zero-order valence-electron chi connectivity index (χ0n) is 9.40. The molecule has 2 heterocycles. The maximum atomic E-state index is 8.43. The Morgan fingerprint density at radius 3 is 2.94 bits per heavy atom. The number of pyridine rings is 1. The molecule has 0 aromatic carbocycles. The molecule has 86 valence electrons. The maximum absolute atomic E-state index is 8.43. The van der Waals surface area contributed by atoms with Crippen LogP contribution in [0, 0.1) is 11.5 Å². The standard InChI is InChI=1S/C10H10N6O/c1-7(2)16-10(13-14-15-16)8-4-3-5-9(12-8)17-6-11/h3-5,7H,1-2H3. The topological polar surface area (TPSA) is 89.5 Å². The van der Waals surface area contributed by atoms with Crippen molar-refractivity contribution in [2.45, 2.75) is 19.9 Å². The number of hydrogen-bond donors (Lipinski definition) is 0. The highest BCUT2D eigenvalue weighted by atomic mass is 16.5. The van der Waals surface area contributed by atoms with Gasteiger partial charge in [-0.3, -0.25) is 0 Å². The van der Waals surface area contributed by atoms with Gasteiger partial charge in [0, 0.05) is 6.07 Å². The summed E-state index contributed by atoms with van der Waals surface area (Å²) in [5.41, 5.74) is 0.566. The van der Waals surface area contributed by atoms with Crippen LogP contribution in [0.25, 0.3) is 11.5 Å². The average molecular weight is 230 g/mol. The molecule has 0 fully saturated rings. The van der Waals surface area contributed by atoms with E-state index in [2.05, 4.69) is 25.2 Å². The van der Waals surface area contributed by atoms with Crippen LogP contribution < -0.4 is 4.74 Å². The molecule has 0 radical (unpaired) electrons. The molecule has 0 saturated carbocycles. The van der Waals surface area contributed by atoms with Crippen molar-refractivity contribution in [3.05, 3.63) is 18.2 Å². The van der Waals surface area contributed by atoms with Gasteiger partial charge in [0.25, 0.3) is 6.26 Å². The van der Waals surface area contributed by atoms with Crippen LogP contribution in [-0.4, -0.2) is 25.2 Å². The van der Waals surface area contributed by atoms with E-state index in [1.54, 1.807) is 29.1 Å². The zero-order valence-corrected chi connectivity index (χ0v) is 9.40. The Balaban J connectivity index is 2.43. The Morgan fingerprint density at radius 1 is 1.41 bits per heavy atom. The summed E-state index contributed by atoms with van der Waals surface area (Å²) >= 11 is 0. The zero-order chi connectivity index (χ0) is 12.3. The number of tetrazole rings is 1. The summed E-state index contributed by atoms with van der Waals surface area (Å²) in [4.78, 5) is 4.14. The molecule has 0 amide bonds. The first kappa shape index (κ1) is 11.0. The van der Waals surface area contributed by atoms with Crippen molar-refractivity contribution >= 4 is 0 Å². The van der Waals surface area contributed by atoms with E-state index in [4.69, 9.17) is 5.26 Å². The number of nitrogens with zero attached hydrogens (tertiary/aromatic N) is 6. The molecule has 7 heteroatoms. The van der Waals surface area contributed by atoms with Gasteiger partial charge in [-0.15, -0.1) is 10.4 Å². The molecule has 7 nitrogen and oxygen atoms in total. The van der Waals surface area contributed by atoms with E-state index in [0.717, 1.165) is 0 Å². The molecule has 0 aliphatic rings. The van der Waals surface area contributed by atoms with Gasteiger partial charge in [0.2, 0.25) is 11.7 Å². The van der Waals surface area contributed by atoms with Gasteiger partial charge in [0.1, 0.15) is 5.69 Å². The van der Waals surface area contributed by atoms with Crippen LogP contribution in [0.5, 0.6) is 5.88 Å². The van der Waals surface area contributed by atoms with Crippen LogP contribution >= 0.6 is 0 Å². The van der Waals surface area contributed by atoms with Gasteiger partial charge in [-0.25, -0.2) is 9.67 Å². The molecule has 0 spiro atoms. The molecule has 0 aliphatic heterocycles. The van der Waals surface area contributed by atoms with E-state index in [-0.39, 0.29) is 11.9 Å². The number of rotatable bonds is 3. The fourth-order valence-corrected chi connectivity index (χ4v) is 1.35. The molecule has 0 bridgehead atoms. The van der Waals surface area contributed by atoms with Crippen LogP contribution in [0.1, 0.15) is 19.9 Å². The highest BCUT2D eigenvalue weighted by Gasteiger charge is 2.13. The first-order valence-corrected chi connectivity index (χ1v) is 5.03. The number of nitriles is 1. The van der Waals surface area contributed by atoms with Gasteiger partial charge < -0.3 is 4.74 Å². The fourth-order valence-electron chi connectivity index (χ4n) is 1.35. The van der Waals surface area contributed by atoms with Crippen LogP contribution in [0.15, 0.2) is 18.2 Å². The molecule has 0 saturated heterocycles. The Kier molecular flexibility index (Phi) is 2.96. The second kappa shape index (κ2) is 4.57. The average Bonchev–Trinajstić information content (AvgIpc) is 2.79. The van der Waals surface area contributed by atoms with E-state index in [1.807, 2.05) is 13.8 Å². The highest BCUT2D eigenvalue weighted by molar-refractivity contribution is 5.49. The molecule has 17 heavy (non-hydrogen) atoms. The molecule has 2 rings (SSSR count). The predicted molar refractivity (Wildman–Crippen MR) is 57.7 cm³/mol. The number of hydrogen-bond acceptors (Lipinski definition) is 6. The molecular formula is C10H10N6O. The Bertz CT molecular complexity index is 556. The van der Waals surface area contributed by atoms with Crippen LogP contribution in [0.3, 0.4) is 0 Å². The smallest absolute Gasteiger partial charge is 0.293 e. The number of ether oxygens (including phenoxy) is 1. The van der Waals surface area contributed by atoms with Crippen LogP contribution in [0.4, 0.5) is 0 Å². The minimum absolute atomic E-state index is 0.127. The lowest BCUT2D eigenvalue weighted by Gasteiger charge is -2.07. The monoisotopic (exact) mass is 230 g/mol. The Morgan fingerprint density at radius 2 is 2.24 bits per heavy atom. The number of aromatic nitrogens is 5. The van der Waals surface area contributed by atoms with Gasteiger partial charge in [0.05, 0.1) is 6.04 Å².